The van der Waals surface area contributed by atoms with E-state index >= 15 is 0 Å². The summed E-state index contributed by atoms with van der Waals surface area (Å²) in [6, 6.07) is 10.9. The van der Waals surface area contributed by atoms with Gasteiger partial charge in [-0.2, -0.15) is 0 Å². The van der Waals surface area contributed by atoms with Crippen LogP contribution in [0.5, 0.6) is 28.7 Å². The Bertz CT molecular complexity index is 1580. The van der Waals surface area contributed by atoms with Crippen molar-refractivity contribution in [3.63, 3.8) is 0 Å². The van der Waals surface area contributed by atoms with Gasteiger partial charge in [0.05, 0.1) is 26.7 Å². The molecule has 0 saturated carbocycles. The summed E-state index contributed by atoms with van der Waals surface area (Å²) in [5, 5.41) is 41.8. The van der Waals surface area contributed by atoms with E-state index < -0.39 is 12.2 Å². The molecule has 4 N–H and O–H groups in total. The van der Waals surface area contributed by atoms with Crippen molar-refractivity contribution in [1.82, 2.24) is 9.55 Å². The molecular formula is C33H36N2O7. The van der Waals surface area contributed by atoms with Crippen molar-refractivity contribution in [3.05, 3.63) is 82.9 Å². The van der Waals surface area contributed by atoms with Crippen molar-refractivity contribution in [2.24, 2.45) is 0 Å². The second kappa shape index (κ2) is 11.6. The monoisotopic (exact) mass is 572 g/mol. The summed E-state index contributed by atoms with van der Waals surface area (Å²) >= 11 is 0. The molecule has 1 aromatic heterocycles. The summed E-state index contributed by atoms with van der Waals surface area (Å²) in [6.45, 7) is 0.762. The molecule has 3 atom stereocenters. The van der Waals surface area contributed by atoms with Gasteiger partial charge >= 0.3 is 0 Å². The standard InChI is InChI=1S/C33H36N2O7/c1-40-28-17-27-25(16-26(38)33(42-27)22-13-20(4-3-11-36)32(39)29(15-22)41-2)30-19(7-9-35-10-8-34-18-35)12-21-14-23(37)5-6-24(21)31(28)30/h5-6,8,10,13-15,17-19,26,33,36-39H,3-4,7,9,11-12,16H2,1-2H3. The molecule has 0 saturated heterocycles. The van der Waals surface area contributed by atoms with E-state index in [9.17, 15) is 20.4 Å². The zero-order chi connectivity index (χ0) is 29.4. The highest BCUT2D eigenvalue weighted by atomic mass is 16.5. The van der Waals surface area contributed by atoms with Crippen LogP contribution in [-0.2, 0) is 25.8 Å². The van der Waals surface area contributed by atoms with Crippen LogP contribution in [0.3, 0.4) is 0 Å². The van der Waals surface area contributed by atoms with Gasteiger partial charge < -0.3 is 39.2 Å². The minimum absolute atomic E-state index is 0.00240. The lowest BCUT2D eigenvalue weighted by atomic mass is 9.73. The number of hydrogen-bond donors (Lipinski definition) is 4. The van der Waals surface area contributed by atoms with Crippen LogP contribution in [0.25, 0.3) is 11.1 Å². The molecule has 9 nitrogen and oxygen atoms in total. The zero-order valence-corrected chi connectivity index (χ0v) is 23.8. The van der Waals surface area contributed by atoms with Crippen LogP contribution in [0.4, 0.5) is 0 Å². The molecule has 3 unspecified atom stereocenters. The highest BCUT2D eigenvalue weighted by Crippen LogP contribution is 2.53. The number of hydrogen-bond acceptors (Lipinski definition) is 8. The van der Waals surface area contributed by atoms with Crippen LogP contribution in [0.15, 0.2) is 55.1 Å². The maximum absolute atomic E-state index is 11.6. The number of imidazole rings is 1. The summed E-state index contributed by atoms with van der Waals surface area (Å²) in [7, 11) is 3.13. The summed E-state index contributed by atoms with van der Waals surface area (Å²) in [6.07, 6.45) is 6.84. The lowest BCUT2D eigenvalue weighted by Crippen LogP contribution is -2.32. The van der Waals surface area contributed by atoms with Crippen molar-refractivity contribution < 1.29 is 34.6 Å². The predicted octanol–water partition coefficient (Wildman–Crippen LogP) is 4.67. The Kier molecular flexibility index (Phi) is 7.70. The third-order valence-corrected chi connectivity index (χ3v) is 8.49. The van der Waals surface area contributed by atoms with Gasteiger partial charge in [0.2, 0.25) is 0 Å². The lowest BCUT2D eigenvalue weighted by Gasteiger charge is -2.37. The second-order valence-corrected chi connectivity index (χ2v) is 11.0. The van der Waals surface area contributed by atoms with E-state index in [1.807, 2.05) is 36.8 Å². The highest BCUT2D eigenvalue weighted by Gasteiger charge is 2.38. The maximum atomic E-state index is 11.6. The van der Waals surface area contributed by atoms with Crippen LogP contribution in [-0.4, -0.2) is 56.9 Å². The molecule has 9 heteroatoms. The average molecular weight is 573 g/mol. The number of fused-ring (bicyclic) bond motifs is 5. The SMILES string of the molecule is COc1cc(C2Oc3cc(OC)c4c(c3CC2O)C(CCn2ccnc2)Cc2cc(O)ccc2-4)cc(CCCO)c1O. The van der Waals surface area contributed by atoms with E-state index in [1.165, 1.54) is 7.11 Å². The Hall–Kier alpha value is -4.21. The van der Waals surface area contributed by atoms with Crippen LogP contribution in [0.2, 0.25) is 0 Å². The fourth-order valence-corrected chi connectivity index (χ4v) is 6.52. The average Bonchev–Trinajstić information content (AvgIpc) is 3.52. The molecule has 1 aliphatic heterocycles. The molecule has 220 valence electrons. The van der Waals surface area contributed by atoms with E-state index in [0.717, 1.165) is 47.2 Å². The Morgan fingerprint density at radius 3 is 2.62 bits per heavy atom. The molecular weight excluding hydrogens is 536 g/mol. The zero-order valence-electron chi connectivity index (χ0n) is 23.8. The molecule has 1 aliphatic carbocycles. The van der Waals surface area contributed by atoms with Gasteiger partial charge in [0, 0.05) is 49.2 Å². The predicted molar refractivity (Wildman–Crippen MR) is 157 cm³/mol. The number of ether oxygens (including phenoxy) is 3. The maximum Gasteiger partial charge on any atom is 0.161 e. The lowest BCUT2D eigenvalue weighted by molar-refractivity contribution is 0.0200. The molecule has 0 fully saturated rings. The third-order valence-electron chi connectivity index (χ3n) is 8.49. The van der Waals surface area contributed by atoms with Gasteiger partial charge in [-0.1, -0.05) is 6.07 Å². The topological polar surface area (TPSA) is 126 Å². The van der Waals surface area contributed by atoms with E-state index in [0.29, 0.717) is 47.6 Å². The Labute approximate surface area is 244 Å². The van der Waals surface area contributed by atoms with Crippen LogP contribution >= 0.6 is 0 Å². The van der Waals surface area contributed by atoms with Gasteiger partial charge in [-0.25, -0.2) is 4.98 Å². The normalized spacial score (nSPS) is 18.9. The number of aliphatic hydroxyl groups excluding tert-OH is 2. The molecule has 4 aromatic rings. The highest BCUT2D eigenvalue weighted by molar-refractivity contribution is 5.83. The third kappa shape index (κ3) is 5.03. The summed E-state index contributed by atoms with van der Waals surface area (Å²) in [4.78, 5) is 4.18. The summed E-state index contributed by atoms with van der Waals surface area (Å²) < 4.78 is 20.0. The molecule has 42 heavy (non-hydrogen) atoms. The van der Waals surface area contributed by atoms with Crippen molar-refractivity contribution in [1.29, 1.82) is 0 Å². The first kappa shape index (κ1) is 27.9. The number of aromatic nitrogens is 2. The Morgan fingerprint density at radius 1 is 1.05 bits per heavy atom. The fraction of sp³-hybridized carbons (Fsp3) is 0.364. The summed E-state index contributed by atoms with van der Waals surface area (Å²) in [5.74, 6) is 1.97. The smallest absolute Gasteiger partial charge is 0.161 e. The van der Waals surface area contributed by atoms with Gasteiger partial charge in [0.25, 0.3) is 0 Å². The minimum atomic E-state index is -0.856. The van der Waals surface area contributed by atoms with Gasteiger partial charge in [-0.15, -0.1) is 0 Å². The second-order valence-electron chi connectivity index (χ2n) is 11.0. The summed E-state index contributed by atoms with van der Waals surface area (Å²) in [5.41, 5.74) is 6.41. The van der Waals surface area contributed by atoms with E-state index in [4.69, 9.17) is 14.2 Å². The first-order valence-corrected chi connectivity index (χ1v) is 14.3. The molecule has 2 heterocycles. The fourth-order valence-electron chi connectivity index (χ4n) is 6.52. The van der Waals surface area contributed by atoms with E-state index in [2.05, 4.69) is 9.55 Å². The van der Waals surface area contributed by atoms with E-state index in [-0.39, 0.29) is 24.0 Å². The number of phenols is 2. The quantitative estimate of drug-likeness (QED) is 0.228. The number of phenolic OH excluding ortho intramolecular Hbond substituents is 2. The molecule has 3 aromatic carbocycles. The van der Waals surface area contributed by atoms with Crippen molar-refractivity contribution >= 4 is 0 Å². The molecule has 0 spiro atoms. The van der Waals surface area contributed by atoms with Gasteiger partial charge in [0.1, 0.15) is 23.4 Å². The van der Waals surface area contributed by atoms with Crippen LogP contribution < -0.4 is 14.2 Å². The van der Waals surface area contributed by atoms with Gasteiger partial charge in [0.15, 0.2) is 11.5 Å². The van der Waals surface area contributed by atoms with Crippen molar-refractivity contribution in [3.8, 4) is 39.9 Å². The Balaban J connectivity index is 1.44. The van der Waals surface area contributed by atoms with Crippen molar-refractivity contribution in [2.75, 3.05) is 20.8 Å². The molecule has 0 bridgehead atoms. The van der Waals surface area contributed by atoms with Gasteiger partial charge in [-0.05, 0) is 83.7 Å². The van der Waals surface area contributed by atoms with Gasteiger partial charge in [-0.3, -0.25) is 0 Å². The number of aryl methyl sites for hydroxylation is 2. The molecule has 6 rings (SSSR count). The number of benzene rings is 3. The number of rotatable bonds is 9. The molecule has 0 radical (unpaired) electrons. The molecule has 0 amide bonds. The molecule has 2 aliphatic rings. The largest absolute Gasteiger partial charge is 0.508 e. The minimum Gasteiger partial charge on any atom is -0.508 e. The number of methoxy groups -OCH3 is 2. The first-order valence-electron chi connectivity index (χ1n) is 14.3. The van der Waals surface area contributed by atoms with Crippen LogP contribution in [0.1, 0.15) is 52.7 Å². The number of aliphatic hydroxyl groups is 2. The number of nitrogens with zero attached hydrogens (tertiary/aromatic N) is 2. The number of aromatic hydroxyl groups is 2. The first-order chi connectivity index (χ1) is 20.4. The Morgan fingerprint density at radius 2 is 1.88 bits per heavy atom. The van der Waals surface area contributed by atoms with E-state index in [1.54, 1.807) is 25.4 Å². The van der Waals surface area contributed by atoms with Crippen molar-refractivity contribution in [2.45, 2.75) is 56.8 Å². The van der Waals surface area contributed by atoms with Crippen LogP contribution in [0, 0.1) is 0 Å².